The average molecular weight is 450 g/mol. The normalized spacial score (nSPS) is 20.0. The Hall–Kier alpha value is -1.66. The van der Waals surface area contributed by atoms with Crippen molar-refractivity contribution in [3.8, 4) is 5.75 Å². The molecule has 0 aromatic heterocycles. The van der Waals surface area contributed by atoms with E-state index in [-0.39, 0.29) is 23.8 Å². The number of fused-ring (bicyclic) bond motifs is 1. The number of Topliss-reactive ketones (excluding diaryl/α,β-unsaturated/α-hetero) is 1. The molecule has 0 aliphatic carbocycles. The number of nitrogens with zero attached hydrogens (tertiary/aromatic N) is 1. The SMILES string of the molecule is C=C(C)C(CCC(=O)CC)N1Cc2ccc(Br)c(OC3CCCOC3)c2C1=O. The number of hydrogen-bond acceptors (Lipinski definition) is 4. The van der Waals surface area contributed by atoms with Gasteiger partial charge in [0.05, 0.1) is 22.7 Å². The number of amides is 1. The molecule has 1 aromatic rings. The number of benzene rings is 1. The van der Waals surface area contributed by atoms with Gasteiger partial charge in [-0.25, -0.2) is 0 Å². The Morgan fingerprint density at radius 2 is 2.25 bits per heavy atom. The van der Waals surface area contributed by atoms with E-state index in [9.17, 15) is 9.59 Å². The number of rotatable bonds is 8. The van der Waals surface area contributed by atoms with Gasteiger partial charge in [0.2, 0.25) is 0 Å². The van der Waals surface area contributed by atoms with Crippen LogP contribution in [0.1, 0.15) is 61.9 Å². The Kier molecular flexibility index (Phi) is 6.94. The van der Waals surface area contributed by atoms with E-state index in [1.54, 1.807) is 0 Å². The van der Waals surface area contributed by atoms with E-state index in [1.807, 2.05) is 30.9 Å². The van der Waals surface area contributed by atoms with Crippen molar-refractivity contribution in [3.05, 3.63) is 39.9 Å². The van der Waals surface area contributed by atoms with Crippen molar-refractivity contribution >= 4 is 27.6 Å². The lowest BCUT2D eigenvalue weighted by Crippen LogP contribution is -2.37. The van der Waals surface area contributed by atoms with Crippen LogP contribution in [0.3, 0.4) is 0 Å². The third-order valence-electron chi connectivity index (χ3n) is 5.45. The summed E-state index contributed by atoms with van der Waals surface area (Å²) in [5.41, 5.74) is 2.47. The average Bonchev–Trinajstić information content (AvgIpc) is 3.01. The van der Waals surface area contributed by atoms with Crippen LogP contribution in [0.5, 0.6) is 5.75 Å². The van der Waals surface area contributed by atoms with Gasteiger partial charge in [-0.3, -0.25) is 9.59 Å². The van der Waals surface area contributed by atoms with Gasteiger partial charge in [0.25, 0.3) is 5.91 Å². The molecule has 1 fully saturated rings. The van der Waals surface area contributed by atoms with E-state index in [2.05, 4.69) is 22.5 Å². The van der Waals surface area contributed by atoms with Crippen LogP contribution >= 0.6 is 15.9 Å². The molecule has 0 bridgehead atoms. The van der Waals surface area contributed by atoms with Crippen LogP contribution in [0.2, 0.25) is 0 Å². The predicted molar refractivity (Wildman–Crippen MR) is 112 cm³/mol. The van der Waals surface area contributed by atoms with Gasteiger partial charge in [0.1, 0.15) is 17.6 Å². The topological polar surface area (TPSA) is 55.8 Å². The zero-order chi connectivity index (χ0) is 20.3. The molecule has 0 radical (unpaired) electrons. The van der Waals surface area contributed by atoms with Gasteiger partial charge in [0.15, 0.2) is 0 Å². The first-order valence-electron chi connectivity index (χ1n) is 9.96. The maximum absolute atomic E-state index is 13.3. The highest BCUT2D eigenvalue weighted by molar-refractivity contribution is 9.10. The molecular formula is C22H28BrNO4. The lowest BCUT2D eigenvalue weighted by atomic mass is 10.0. The first-order chi connectivity index (χ1) is 13.4. The minimum Gasteiger partial charge on any atom is -0.486 e. The number of ketones is 1. The highest BCUT2D eigenvalue weighted by Gasteiger charge is 2.37. The summed E-state index contributed by atoms with van der Waals surface area (Å²) in [6.07, 6.45) is 3.42. The third kappa shape index (κ3) is 4.49. The minimum absolute atomic E-state index is 0.0440. The molecule has 0 saturated carbocycles. The Labute approximate surface area is 175 Å². The number of carbonyl (C=O) groups excluding carboxylic acids is 2. The molecule has 6 heteroatoms. The van der Waals surface area contributed by atoms with Crippen molar-refractivity contribution in [2.24, 2.45) is 0 Å². The van der Waals surface area contributed by atoms with Gasteiger partial charge in [-0.2, -0.15) is 0 Å². The van der Waals surface area contributed by atoms with E-state index < -0.39 is 0 Å². The molecule has 2 aliphatic rings. The third-order valence-corrected chi connectivity index (χ3v) is 6.07. The van der Waals surface area contributed by atoms with Crippen LogP contribution < -0.4 is 4.74 Å². The summed E-state index contributed by atoms with van der Waals surface area (Å²) in [6, 6.07) is 3.75. The number of carbonyl (C=O) groups is 2. The Morgan fingerprint density at radius 3 is 2.89 bits per heavy atom. The molecule has 152 valence electrons. The molecule has 3 rings (SSSR count). The number of ether oxygens (including phenoxy) is 2. The Balaban J connectivity index is 1.83. The fourth-order valence-corrected chi connectivity index (χ4v) is 4.27. The molecule has 2 atom stereocenters. The maximum atomic E-state index is 13.3. The summed E-state index contributed by atoms with van der Waals surface area (Å²) in [4.78, 5) is 27.0. The molecule has 28 heavy (non-hydrogen) atoms. The summed E-state index contributed by atoms with van der Waals surface area (Å²) >= 11 is 3.55. The largest absolute Gasteiger partial charge is 0.486 e. The van der Waals surface area contributed by atoms with Gasteiger partial charge in [0, 0.05) is 26.0 Å². The quantitative estimate of drug-likeness (QED) is 0.541. The Bertz CT molecular complexity index is 770. The van der Waals surface area contributed by atoms with Gasteiger partial charge < -0.3 is 14.4 Å². The van der Waals surface area contributed by atoms with Crippen molar-refractivity contribution in [3.63, 3.8) is 0 Å². The first-order valence-corrected chi connectivity index (χ1v) is 10.8. The summed E-state index contributed by atoms with van der Waals surface area (Å²) in [5.74, 6) is 0.755. The smallest absolute Gasteiger partial charge is 0.258 e. The van der Waals surface area contributed by atoms with Gasteiger partial charge in [-0.15, -0.1) is 0 Å². The molecule has 2 heterocycles. The van der Waals surface area contributed by atoms with Gasteiger partial charge >= 0.3 is 0 Å². The molecule has 0 N–H and O–H groups in total. The second kappa shape index (κ2) is 9.23. The van der Waals surface area contributed by atoms with Crippen molar-refractivity contribution in [2.45, 2.75) is 64.6 Å². The van der Waals surface area contributed by atoms with Crippen LogP contribution in [0.4, 0.5) is 0 Å². The van der Waals surface area contributed by atoms with Crippen LogP contribution in [-0.4, -0.2) is 41.9 Å². The summed E-state index contributed by atoms with van der Waals surface area (Å²) in [7, 11) is 0. The minimum atomic E-state index is -0.153. The van der Waals surface area contributed by atoms with E-state index in [0.717, 1.165) is 35.1 Å². The van der Waals surface area contributed by atoms with E-state index in [0.29, 0.717) is 43.7 Å². The molecule has 2 unspecified atom stereocenters. The Morgan fingerprint density at radius 1 is 1.46 bits per heavy atom. The molecule has 5 nitrogen and oxygen atoms in total. The maximum Gasteiger partial charge on any atom is 0.258 e. The standard InChI is InChI=1S/C22H28BrNO4/c1-4-16(25)8-10-19(14(2)3)24-12-15-7-9-18(23)21(20(15)22(24)26)28-17-6-5-11-27-13-17/h7,9,17,19H,2,4-6,8,10-13H2,1,3H3. The molecule has 0 spiro atoms. The zero-order valence-electron chi connectivity index (χ0n) is 16.6. The van der Waals surface area contributed by atoms with Gasteiger partial charge in [-0.05, 0) is 53.7 Å². The second-order valence-electron chi connectivity index (χ2n) is 7.59. The second-order valence-corrected chi connectivity index (χ2v) is 8.45. The molecule has 1 saturated heterocycles. The van der Waals surface area contributed by atoms with Gasteiger partial charge in [-0.1, -0.05) is 25.1 Å². The summed E-state index contributed by atoms with van der Waals surface area (Å²) in [5, 5.41) is 0. The molecule has 2 aliphatic heterocycles. The highest BCUT2D eigenvalue weighted by Crippen LogP contribution is 2.39. The lowest BCUT2D eigenvalue weighted by Gasteiger charge is -2.28. The fourth-order valence-electron chi connectivity index (χ4n) is 3.84. The van der Waals surface area contributed by atoms with Crippen LogP contribution in [-0.2, 0) is 16.1 Å². The van der Waals surface area contributed by atoms with Crippen LogP contribution in [0.25, 0.3) is 0 Å². The highest BCUT2D eigenvalue weighted by atomic mass is 79.9. The van der Waals surface area contributed by atoms with E-state index in [4.69, 9.17) is 9.47 Å². The summed E-state index contributed by atoms with van der Waals surface area (Å²) in [6.45, 7) is 9.67. The van der Waals surface area contributed by atoms with Crippen LogP contribution in [0.15, 0.2) is 28.8 Å². The lowest BCUT2D eigenvalue weighted by molar-refractivity contribution is -0.119. The first kappa shape index (κ1) is 21.1. The number of halogens is 1. The van der Waals surface area contributed by atoms with Crippen molar-refractivity contribution in [1.82, 2.24) is 4.90 Å². The fraction of sp³-hybridized carbons (Fsp3) is 0.545. The number of hydrogen-bond donors (Lipinski definition) is 0. The van der Waals surface area contributed by atoms with E-state index in [1.165, 1.54) is 0 Å². The predicted octanol–water partition coefficient (Wildman–Crippen LogP) is 4.67. The van der Waals surface area contributed by atoms with Crippen molar-refractivity contribution in [1.29, 1.82) is 0 Å². The molecule has 1 amide bonds. The summed E-state index contributed by atoms with van der Waals surface area (Å²) < 4.78 is 12.5. The molecule has 1 aromatic carbocycles. The van der Waals surface area contributed by atoms with Crippen molar-refractivity contribution < 1.29 is 19.1 Å². The van der Waals surface area contributed by atoms with E-state index >= 15 is 0 Å². The van der Waals surface area contributed by atoms with Crippen LogP contribution in [0, 0.1) is 0 Å². The molecular weight excluding hydrogens is 422 g/mol. The van der Waals surface area contributed by atoms with Crippen molar-refractivity contribution in [2.75, 3.05) is 13.2 Å². The monoisotopic (exact) mass is 449 g/mol. The zero-order valence-corrected chi connectivity index (χ0v) is 18.2.